The molecule has 2 atom stereocenters. The fourth-order valence-electron chi connectivity index (χ4n) is 2.27. The van der Waals surface area contributed by atoms with Crippen molar-refractivity contribution in [3.8, 4) is 0 Å². The second-order valence-corrected chi connectivity index (χ2v) is 7.35. The van der Waals surface area contributed by atoms with E-state index in [1.807, 2.05) is 19.1 Å². The first kappa shape index (κ1) is 14.8. The molecule has 1 aromatic rings. The Hall–Kier alpha value is -1.63. The van der Waals surface area contributed by atoms with Gasteiger partial charge in [-0.3, -0.25) is 4.98 Å². The summed E-state index contributed by atoms with van der Waals surface area (Å²) in [6, 6.07) is 3.04. The zero-order valence-electron chi connectivity index (χ0n) is 11.6. The molecule has 2 rings (SSSR count). The minimum atomic E-state index is -2.98. The number of hydrogen-bond donors (Lipinski definition) is 1. The zero-order chi connectivity index (χ0) is 14.8. The smallest absolute Gasteiger partial charge is 0.317 e. The van der Waals surface area contributed by atoms with E-state index in [0.29, 0.717) is 6.42 Å². The molecule has 6 nitrogen and oxygen atoms in total. The second kappa shape index (κ2) is 5.78. The maximum Gasteiger partial charge on any atom is 0.317 e. The van der Waals surface area contributed by atoms with Crippen molar-refractivity contribution in [3.63, 3.8) is 0 Å². The Labute approximate surface area is 119 Å². The Morgan fingerprint density at radius 2 is 2.10 bits per heavy atom. The Morgan fingerprint density at radius 3 is 2.65 bits per heavy atom. The van der Waals surface area contributed by atoms with Crippen LogP contribution in [0.15, 0.2) is 24.5 Å². The van der Waals surface area contributed by atoms with E-state index in [1.54, 1.807) is 19.4 Å². The Balaban J connectivity index is 1.95. The summed E-state index contributed by atoms with van der Waals surface area (Å²) in [6.45, 7) is 1.88. The second-order valence-electron chi connectivity index (χ2n) is 5.12. The Kier molecular flexibility index (Phi) is 4.27. The quantitative estimate of drug-likeness (QED) is 0.901. The summed E-state index contributed by atoms with van der Waals surface area (Å²) in [7, 11) is -1.35. The van der Waals surface area contributed by atoms with Gasteiger partial charge in [0.05, 0.1) is 17.5 Å². The number of nitrogens with one attached hydrogen (secondary N) is 1. The largest absolute Gasteiger partial charge is 0.331 e. The van der Waals surface area contributed by atoms with Gasteiger partial charge in [-0.25, -0.2) is 13.2 Å². The maximum atomic E-state index is 12.1. The first-order valence-corrected chi connectivity index (χ1v) is 8.35. The normalized spacial score (nSPS) is 22.2. The van der Waals surface area contributed by atoms with E-state index in [9.17, 15) is 13.2 Å². The Morgan fingerprint density at radius 1 is 1.45 bits per heavy atom. The lowest BCUT2D eigenvalue weighted by atomic mass is 10.1. The standard InChI is InChI=1S/C13H19N3O3S/c1-10(11-3-6-14-7-4-11)15-13(17)16(2)12-5-8-20(18,19)9-12/h3-4,6-7,10,12H,5,8-9H2,1-2H3,(H,15,17). The predicted molar refractivity (Wildman–Crippen MR) is 76.0 cm³/mol. The summed E-state index contributed by atoms with van der Waals surface area (Å²) in [5.41, 5.74) is 0.959. The highest BCUT2D eigenvalue weighted by atomic mass is 32.2. The number of nitrogens with zero attached hydrogens (tertiary/aromatic N) is 2. The molecular weight excluding hydrogens is 278 g/mol. The highest BCUT2D eigenvalue weighted by Crippen LogP contribution is 2.17. The monoisotopic (exact) mass is 297 g/mol. The molecule has 1 aliphatic rings. The van der Waals surface area contributed by atoms with Crippen molar-refractivity contribution in [2.45, 2.75) is 25.4 Å². The molecule has 7 heteroatoms. The van der Waals surface area contributed by atoms with Crippen LogP contribution in [0.1, 0.15) is 24.9 Å². The number of rotatable bonds is 3. The van der Waals surface area contributed by atoms with Crippen LogP contribution in [0.2, 0.25) is 0 Å². The van der Waals surface area contributed by atoms with Crippen molar-refractivity contribution in [2.24, 2.45) is 0 Å². The fraction of sp³-hybridized carbons (Fsp3) is 0.538. The lowest BCUT2D eigenvalue weighted by Gasteiger charge is -2.26. The van der Waals surface area contributed by atoms with E-state index in [2.05, 4.69) is 10.3 Å². The lowest BCUT2D eigenvalue weighted by Crippen LogP contribution is -2.44. The summed E-state index contributed by atoms with van der Waals surface area (Å²) in [5.74, 6) is 0.218. The van der Waals surface area contributed by atoms with Gasteiger partial charge in [0, 0.05) is 25.5 Å². The van der Waals surface area contributed by atoms with E-state index in [-0.39, 0.29) is 29.6 Å². The molecule has 0 aromatic carbocycles. The molecule has 1 N–H and O–H groups in total. The third-order valence-electron chi connectivity index (χ3n) is 3.62. The third-order valence-corrected chi connectivity index (χ3v) is 5.37. The van der Waals surface area contributed by atoms with Crippen molar-refractivity contribution in [1.82, 2.24) is 15.2 Å². The van der Waals surface area contributed by atoms with E-state index >= 15 is 0 Å². The van der Waals surface area contributed by atoms with Crippen molar-refractivity contribution in [1.29, 1.82) is 0 Å². The molecule has 0 saturated carbocycles. The van der Waals surface area contributed by atoms with Gasteiger partial charge in [-0.05, 0) is 31.0 Å². The molecule has 2 heterocycles. The highest BCUT2D eigenvalue weighted by molar-refractivity contribution is 7.91. The van der Waals surface area contributed by atoms with Crippen LogP contribution in [0.4, 0.5) is 4.79 Å². The van der Waals surface area contributed by atoms with Gasteiger partial charge in [-0.1, -0.05) is 0 Å². The van der Waals surface area contributed by atoms with Gasteiger partial charge in [0.1, 0.15) is 0 Å². The molecule has 1 aromatic heterocycles. The van der Waals surface area contributed by atoms with Crippen LogP contribution in [-0.2, 0) is 9.84 Å². The van der Waals surface area contributed by atoms with Crippen LogP contribution >= 0.6 is 0 Å². The molecule has 0 spiro atoms. The van der Waals surface area contributed by atoms with Crippen molar-refractivity contribution in [2.75, 3.05) is 18.6 Å². The Bertz CT molecular complexity index is 574. The molecule has 2 unspecified atom stereocenters. The number of pyridine rings is 1. The summed E-state index contributed by atoms with van der Waals surface area (Å²) in [5, 5.41) is 2.86. The summed E-state index contributed by atoms with van der Waals surface area (Å²) < 4.78 is 22.9. The molecule has 2 amide bonds. The number of carbonyl (C=O) groups is 1. The summed E-state index contributed by atoms with van der Waals surface area (Å²) in [6.07, 6.45) is 3.85. The average Bonchev–Trinajstić information content (AvgIpc) is 2.79. The van der Waals surface area contributed by atoms with Crippen LogP contribution in [0, 0.1) is 0 Å². The van der Waals surface area contributed by atoms with Gasteiger partial charge in [-0.15, -0.1) is 0 Å². The average molecular weight is 297 g/mol. The first-order chi connectivity index (χ1) is 9.39. The van der Waals surface area contributed by atoms with Crippen molar-refractivity contribution < 1.29 is 13.2 Å². The van der Waals surface area contributed by atoms with Crippen molar-refractivity contribution >= 4 is 15.9 Å². The van der Waals surface area contributed by atoms with Gasteiger partial charge in [0.25, 0.3) is 0 Å². The van der Waals surface area contributed by atoms with Crippen LogP contribution in [0.25, 0.3) is 0 Å². The number of amides is 2. The number of sulfone groups is 1. The fourth-order valence-corrected chi connectivity index (χ4v) is 4.04. The van der Waals surface area contributed by atoms with Gasteiger partial charge >= 0.3 is 6.03 Å². The molecule has 0 radical (unpaired) electrons. The molecule has 110 valence electrons. The summed E-state index contributed by atoms with van der Waals surface area (Å²) in [4.78, 5) is 17.5. The molecule has 0 bridgehead atoms. The lowest BCUT2D eigenvalue weighted by molar-refractivity contribution is 0.192. The van der Waals surface area contributed by atoms with Crippen LogP contribution in [0.3, 0.4) is 0 Å². The van der Waals surface area contributed by atoms with Gasteiger partial charge in [-0.2, -0.15) is 0 Å². The summed E-state index contributed by atoms with van der Waals surface area (Å²) >= 11 is 0. The van der Waals surface area contributed by atoms with E-state index < -0.39 is 9.84 Å². The van der Waals surface area contributed by atoms with Gasteiger partial charge in [0.2, 0.25) is 0 Å². The van der Waals surface area contributed by atoms with Crippen molar-refractivity contribution in [3.05, 3.63) is 30.1 Å². The molecule has 1 aliphatic heterocycles. The number of carbonyl (C=O) groups excluding carboxylic acids is 1. The van der Waals surface area contributed by atoms with Crippen LogP contribution in [-0.4, -0.2) is 48.9 Å². The number of aromatic nitrogens is 1. The molecular formula is C13H19N3O3S. The molecule has 20 heavy (non-hydrogen) atoms. The van der Waals surface area contributed by atoms with E-state index in [1.165, 1.54) is 4.90 Å². The molecule has 1 fully saturated rings. The number of urea groups is 1. The highest BCUT2D eigenvalue weighted by Gasteiger charge is 2.33. The third kappa shape index (κ3) is 3.47. The minimum absolute atomic E-state index is 0.0561. The van der Waals surface area contributed by atoms with Crippen LogP contribution < -0.4 is 5.32 Å². The minimum Gasteiger partial charge on any atom is -0.331 e. The molecule has 1 saturated heterocycles. The zero-order valence-corrected chi connectivity index (χ0v) is 12.4. The SMILES string of the molecule is CC(NC(=O)N(C)C1CCS(=O)(=O)C1)c1ccncc1. The van der Waals surface area contributed by atoms with E-state index in [0.717, 1.165) is 5.56 Å². The molecule has 0 aliphatic carbocycles. The topological polar surface area (TPSA) is 79.4 Å². The number of hydrogen-bond acceptors (Lipinski definition) is 4. The maximum absolute atomic E-state index is 12.1. The van der Waals surface area contributed by atoms with Gasteiger partial charge < -0.3 is 10.2 Å². The van der Waals surface area contributed by atoms with E-state index in [4.69, 9.17) is 0 Å². The van der Waals surface area contributed by atoms with Gasteiger partial charge in [0.15, 0.2) is 9.84 Å². The van der Waals surface area contributed by atoms with Crippen LogP contribution in [0.5, 0.6) is 0 Å². The predicted octanol–water partition coefficient (Wildman–Crippen LogP) is 0.971. The first-order valence-electron chi connectivity index (χ1n) is 6.53.